The molecule has 1 atom stereocenters. The summed E-state index contributed by atoms with van der Waals surface area (Å²) in [4.78, 5) is 0. The van der Waals surface area contributed by atoms with Crippen LogP contribution in [0.25, 0.3) is 0 Å². The van der Waals surface area contributed by atoms with Gasteiger partial charge in [0.05, 0.1) is 23.8 Å². The molecule has 0 radical (unpaired) electrons. The van der Waals surface area contributed by atoms with Crippen LogP contribution in [0, 0.1) is 6.92 Å². The number of rotatable bonds is 4. The molecule has 0 bridgehead atoms. The standard InChI is InChI=1S/C14H14ClNO4S/c1-9-2-13(16-20-9)7-21(17)6-11-4-12(15)3-10-5-18-8-19-14(10)11/h2-4H,5-8H2,1H3/t21-/m0/s1. The molecular weight excluding hydrogens is 314 g/mol. The molecule has 0 unspecified atom stereocenters. The van der Waals surface area contributed by atoms with Crippen LogP contribution < -0.4 is 4.74 Å². The molecule has 1 aromatic carbocycles. The maximum Gasteiger partial charge on any atom is 0.189 e. The van der Waals surface area contributed by atoms with E-state index in [-0.39, 0.29) is 6.79 Å². The summed E-state index contributed by atoms with van der Waals surface area (Å²) in [5, 5.41) is 4.45. The Morgan fingerprint density at radius 3 is 2.95 bits per heavy atom. The summed E-state index contributed by atoms with van der Waals surface area (Å²) >= 11 is 6.09. The normalized spacial score (nSPS) is 15.3. The van der Waals surface area contributed by atoms with Crippen molar-refractivity contribution in [3.05, 3.63) is 45.8 Å². The first kappa shape index (κ1) is 14.6. The van der Waals surface area contributed by atoms with E-state index in [0.717, 1.165) is 16.9 Å². The molecule has 2 heterocycles. The Bertz CT molecular complexity index is 686. The molecule has 2 aromatic rings. The molecule has 7 heteroatoms. The third-order valence-electron chi connectivity index (χ3n) is 3.05. The van der Waals surface area contributed by atoms with Crippen LogP contribution in [-0.4, -0.2) is 16.2 Å². The van der Waals surface area contributed by atoms with Crippen molar-refractivity contribution in [1.82, 2.24) is 5.16 Å². The highest BCUT2D eigenvalue weighted by atomic mass is 35.5. The van der Waals surface area contributed by atoms with Gasteiger partial charge in [-0.15, -0.1) is 0 Å². The minimum Gasteiger partial charge on any atom is -0.467 e. The van der Waals surface area contributed by atoms with Crippen LogP contribution in [0.5, 0.6) is 5.75 Å². The average Bonchev–Trinajstić information content (AvgIpc) is 2.83. The van der Waals surface area contributed by atoms with Gasteiger partial charge in [0.25, 0.3) is 0 Å². The Kier molecular flexibility index (Phi) is 4.28. The van der Waals surface area contributed by atoms with Crippen LogP contribution in [0.15, 0.2) is 22.7 Å². The first-order chi connectivity index (χ1) is 10.1. The Balaban J connectivity index is 1.78. The molecule has 0 saturated heterocycles. The Morgan fingerprint density at radius 1 is 1.33 bits per heavy atom. The van der Waals surface area contributed by atoms with Crippen molar-refractivity contribution in [3.63, 3.8) is 0 Å². The largest absolute Gasteiger partial charge is 0.467 e. The quantitative estimate of drug-likeness (QED) is 0.864. The number of ether oxygens (including phenoxy) is 2. The molecule has 0 N–H and O–H groups in total. The van der Waals surface area contributed by atoms with Gasteiger partial charge in [-0.05, 0) is 19.1 Å². The van der Waals surface area contributed by atoms with Gasteiger partial charge in [0.2, 0.25) is 0 Å². The lowest BCUT2D eigenvalue weighted by atomic mass is 10.1. The van der Waals surface area contributed by atoms with Gasteiger partial charge in [-0.25, -0.2) is 0 Å². The van der Waals surface area contributed by atoms with Crippen molar-refractivity contribution in [1.29, 1.82) is 0 Å². The number of hydrogen-bond donors (Lipinski definition) is 0. The second kappa shape index (κ2) is 6.17. The highest BCUT2D eigenvalue weighted by molar-refractivity contribution is 7.83. The van der Waals surface area contributed by atoms with Crippen LogP contribution in [0.3, 0.4) is 0 Å². The van der Waals surface area contributed by atoms with Crippen molar-refractivity contribution >= 4 is 22.4 Å². The molecule has 3 rings (SSSR count). The van der Waals surface area contributed by atoms with Crippen molar-refractivity contribution in [2.75, 3.05) is 6.79 Å². The second-order valence-electron chi connectivity index (χ2n) is 4.82. The number of benzene rings is 1. The fourth-order valence-electron chi connectivity index (χ4n) is 2.24. The van der Waals surface area contributed by atoms with Crippen LogP contribution in [-0.2, 0) is 33.6 Å². The zero-order valence-corrected chi connectivity index (χ0v) is 13.0. The maximum absolute atomic E-state index is 12.3. The van der Waals surface area contributed by atoms with Crippen LogP contribution in [0.2, 0.25) is 5.02 Å². The molecule has 1 aliphatic heterocycles. The number of aromatic nitrogens is 1. The van der Waals surface area contributed by atoms with E-state index in [9.17, 15) is 4.21 Å². The number of aryl methyl sites for hydroxylation is 1. The van der Waals surface area contributed by atoms with Gasteiger partial charge in [0, 0.05) is 33.0 Å². The van der Waals surface area contributed by atoms with Gasteiger partial charge in [-0.3, -0.25) is 4.21 Å². The smallest absolute Gasteiger partial charge is 0.189 e. The molecule has 1 aromatic heterocycles. The van der Waals surface area contributed by atoms with Crippen molar-refractivity contribution in [2.45, 2.75) is 25.0 Å². The van der Waals surface area contributed by atoms with Crippen LogP contribution in [0.1, 0.15) is 22.6 Å². The number of halogens is 1. The predicted molar refractivity (Wildman–Crippen MR) is 78.5 cm³/mol. The van der Waals surface area contributed by atoms with Crippen LogP contribution >= 0.6 is 11.6 Å². The zero-order chi connectivity index (χ0) is 14.8. The molecule has 0 fully saturated rings. The molecule has 0 aliphatic carbocycles. The van der Waals surface area contributed by atoms with E-state index in [1.54, 1.807) is 19.1 Å². The van der Waals surface area contributed by atoms with Gasteiger partial charge >= 0.3 is 0 Å². The molecular formula is C14H14ClNO4S. The SMILES string of the molecule is Cc1cc(C[S@@](=O)Cc2cc(Cl)cc3c2OCOC3)no1. The molecule has 21 heavy (non-hydrogen) atoms. The molecule has 5 nitrogen and oxygen atoms in total. The molecule has 0 amide bonds. The third kappa shape index (κ3) is 3.45. The van der Waals surface area contributed by atoms with E-state index in [1.807, 2.05) is 6.07 Å². The summed E-state index contributed by atoms with van der Waals surface area (Å²) in [7, 11) is -1.12. The maximum atomic E-state index is 12.3. The zero-order valence-electron chi connectivity index (χ0n) is 11.4. The van der Waals surface area contributed by atoms with Gasteiger partial charge in [-0.2, -0.15) is 0 Å². The van der Waals surface area contributed by atoms with E-state index >= 15 is 0 Å². The van der Waals surface area contributed by atoms with Crippen molar-refractivity contribution in [3.8, 4) is 5.75 Å². The lowest BCUT2D eigenvalue weighted by Gasteiger charge is -2.20. The first-order valence-corrected chi connectivity index (χ1v) is 8.27. The van der Waals surface area contributed by atoms with E-state index in [2.05, 4.69) is 5.16 Å². The van der Waals surface area contributed by atoms with E-state index in [4.69, 9.17) is 25.6 Å². The van der Waals surface area contributed by atoms with Crippen molar-refractivity contribution < 1.29 is 18.2 Å². The minimum atomic E-state index is -1.12. The monoisotopic (exact) mass is 327 g/mol. The predicted octanol–water partition coefficient (Wildman–Crippen LogP) is 2.95. The molecule has 0 spiro atoms. The first-order valence-electron chi connectivity index (χ1n) is 6.41. The van der Waals surface area contributed by atoms with E-state index < -0.39 is 10.8 Å². The summed E-state index contributed by atoms with van der Waals surface area (Å²) in [5.41, 5.74) is 2.41. The van der Waals surface area contributed by atoms with E-state index in [1.165, 1.54) is 0 Å². The minimum absolute atomic E-state index is 0.205. The fraction of sp³-hybridized carbons (Fsp3) is 0.357. The Morgan fingerprint density at radius 2 is 2.19 bits per heavy atom. The Hall–Kier alpha value is -1.37. The lowest BCUT2D eigenvalue weighted by Crippen LogP contribution is -2.14. The summed E-state index contributed by atoms with van der Waals surface area (Å²) in [6.07, 6.45) is 0. The molecule has 1 aliphatic rings. The summed E-state index contributed by atoms with van der Waals surface area (Å²) in [5.74, 6) is 2.14. The topological polar surface area (TPSA) is 61.6 Å². The van der Waals surface area contributed by atoms with Crippen LogP contribution in [0.4, 0.5) is 0 Å². The highest BCUT2D eigenvalue weighted by Gasteiger charge is 2.18. The van der Waals surface area contributed by atoms with Gasteiger partial charge in [-0.1, -0.05) is 16.8 Å². The number of nitrogens with zero attached hydrogens (tertiary/aromatic N) is 1. The highest BCUT2D eigenvalue weighted by Crippen LogP contribution is 2.32. The molecule has 0 saturated carbocycles. The van der Waals surface area contributed by atoms with Crippen molar-refractivity contribution in [2.24, 2.45) is 0 Å². The summed E-state index contributed by atoms with van der Waals surface area (Å²) in [6, 6.07) is 5.39. The van der Waals surface area contributed by atoms with Gasteiger partial charge < -0.3 is 14.0 Å². The van der Waals surface area contributed by atoms with E-state index in [0.29, 0.717) is 34.6 Å². The number of fused-ring (bicyclic) bond motifs is 1. The average molecular weight is 328 g/mol. The third-order valence-corrected chi connectivity index (χ3v) is 4.52. The summed E-state index contributed by atoms with van der Waals surface area (Å²) < 4.78 is 28.0. The Labute approximate surface area is 129 Å². The number of hydrogen-bond acceptors (Lipinski definition) is 5. The molecule has 112 valence electrons. The summed E-state index contributed by atoms with van der Waals surface area (Å²) in [6.45, 7) is 2.47. The fourth-order valence-corrected chi connectivity index (χ4v) is 3.63. The van der Waals surface area contributed by atoms with Gasteiger partial charge in [0.1, 0.15) is 11.5 Å². The van der Waals surface area contributed by atoms with Gasteiger partial charge in [0.15, 0.2) is 6.79 Å². The second-order valence-corrected chi connectivity index (χ2v) is 6.71. The lowest BCUT2D eigenvalue weighted by molar-refractivity contribution is -0.0169.